The fourth-order valence-electron chi connectivity index (χ4n) is 1.37. The molecular formula is C14H19ClN2O3. The van der Waals surface area contributed by atoms with E-state index < -0.39 is 0 Å². The molecule has 20 heavy (non-hydrogen) atoms. The van der Waals surface area contributed by atoms with E-state index in [1.165, 1.54) is 6.08 Å². The van der Waals surface area contributed by atoms with E-state index in [4.69, 9.17) is 4.74 Å². The van der Waals surface area contributed by atoms with E-state index in [0.717, 1.165) is 5.56 Å². The Morgan fingerprint density at radius 3 is 2.40 bits per heavy atom. The van der Waals surface area contributed by atoms with Crippen LogP contribution in [0.3, 0.4) is 0 Å². The summed E-state index contributed by atoms with van der Waals surface area (Å²) in [7, 11) is 0. The topological polar surface area (TPSA) is 67.4 Å². The number of carbonyl (C=O) groups excluding carboxylic acids is 2. The van der Waals surface area contributed by atoms with Crippen LogP contribution < -0.4 is 10.6 Å². The van der Waals surface area contributed by atoms with Gasteiger partial charge < -0.3 is 15.4 Å². The molecule has 0 aliphatic rings. The van der Waals surface area contributed by atoms with Gasteiger partial charge in [0.05, 0.1) is 6.61 Å². The average molecular weight is 299 g/mol. The molecule has 0 bridgehead atoms. The van der Waals surface area contributed by atoms with E-state index in [1.54, 1.807) is 37.3 Å². The summed E-state index contributed by atoms with van der Waals surface area (Å²) in [5.41, 5.74) is 1.55. The van der Waals surface area contributed by atoms with Gasteiger partial charge in [-0.15, -0.1) is 12.4 Å². The van der Waals surface area contributed by atoms with Crippen LogP contribution in [-0.4, -0.2) is 25.2 Å². The second kappa shape index (κ2) is 9.86. The van der Waals surface area contributed by atoms with Crippen LogP contribution in [0.5, 0.6) is 0 Å². The lowest BCUT2D eigenvalue weighted by atomic mass is 10.2. The predicted molar refractivity (Wildman–Crippen MR) is 82.1 cm³/mol. The number of amides is 2. The van der Waals surface area contributed by atoms with Gasteiger partial charge in [-0.3, -0.25) is 0 Å². The number of halogens is 1. The molecule has 0 atom stereocenters. The third-order valence-electron chi connectivity index (χ3n) is 2.20. The summed E-state index contributed by atoms with van der Waals surface area (Å²) >= 11 is 0. The monoisotopic (exact) mass is 298 g/mol. The van der Waals surface area contributed by atoms with Crippen molar-refractivity contribution in [1.82, 2.24) is 5.32 Å². The Hall–Kier alpha value is -2.01. The van der Waals surface area contributed by atoms with Crippen LogP contribution in [0.25, 0.3) is 6.08 Å². The van der Waals surface area contributed by atoms with E-state index in [1.807, 2.05) is 6.92 Å². The first-order chi connectivity index (χ1) is 9.15. The summed E-state index contributed by atoms with van der Waals surface area (Å²) in [6.07, 6.45) is 3.03. The van der Waals surface area contributed by atoms with E-state index in [-0.39, 0.29) is 24.4 Å². The van der Waals surface area contributed by atoms with Gasteiger partial charge in [-0.1, -0.05) is 12.1 Å². The average Bonchev–Trinajstić information content (AvgIpc) is 2.38. The summed E-state index contributed by atoms with van der Waals surface area (Å²) in [6, 6.07) is 6.90. The minimum atomic E-state index is -0.368. The fourth-order valence-corrected chi connectivity index (χ4v) is 1.37. The number of nitrogens with one attached hydrogen (secondary N) is 2. The molecule has 0 fully saturated rings. The molecule has 0 saturated heterocycles. The van der Waals surface area contributed by atoms with Crippen molar-refractivity contribution in [1.29, 1.82) is 0 Å². The van der Waals surface area contributed by atoms with Crippen LogP contribution in [0.4, 0.5) is 10.5 Å². The number of benzene rings is 1. The lowest BCUT2D eigenvalue weighted by molar-refractivity contribution is -0.137. The lowest BCUT2D eigenvalue weighted by Crippen LogP contribution is -2.28. The highest BCUT2D eigenvalue weighted by molar-refractivity contribution is 5.90. The van der Waals surface area contributed by atoms with Crippen LogP contribution in [0.1, 0.15) is 19.4 Å². The molecule has 2 N–H and O–H groups in total. The van der Waals surface area contributed by atoms with Gasteiger partial charge in [0.25, 0.3) is 0 Å². The summed E-state index contributed by atoms with van der Waals surface area (Å²) in [4.78, 5) is 22.4. The van der Waals surface area contributed by atoms with Gasteiger partial charge in [0.1, 0.15) is 0 Å². The number of urea groups is 1. The van der Waals surface area contributed by atoms with Crippen molar-refractivity contribution in [2.45, 2.75) is 13.8 Å². The molecule has 0 radical (unpaired) electrons. The molecule has 0 spiro atoms. The van der Waals surface area contributed by atoms with E-state index >= 15 is 0 Å². The molecule has 1 aromatic carbocycles. The number of ether oxygens (including phenoxy) is 1. The minimum absolute atomic E-state index is 0. The van der Waals surface area contributed by atoms with Gasteiger partial charge in [-0.05, 0) is 37.6 Å². The normalized spacial score (nSPS) is 9.70. The summed E-state index contributed by atoms with van der Waals surface area (Å²) in [5, 5.41) is 5.33. The maximum atomic E-state index is 11.3. The van der Waals surface area contributed by atoms with Crippen molar-refractivity contribution >= 4 is 36.2 Å². The predicted octanol–water partition coefficient (Wildman–Crippen LogP) is 2.83. The maximum absolute atomic E-state index is 11.3. The van der Waals surface area contributed by atoms with Gasteiger partial charge in [0.15, 0.2) is 0 Å². The summed E-state index contributed by atoms with van der Waals surface area (Å²) in [5.74, 6) is -0.368. The van der Waals surface area contributed by atoms with E-state index in [2.05, 4.69) is 10.6 Å². The van der Waals surface area contributed by atoms with Gasteiger partial charge in [-0.25, -0.2) is 9.59 Å². The molecule has 0 aromatic heterocycles. The van der Waals surface area contributed by atoms with Crippen molar-refractivity contribution < 1.29 is 14.3 Å². The highest BCUT2D eigenvalue weighted by atomic mass is 35.5. The van der Waals surface area contributed by atoms with Gasteiger partial charge >= 0.3 is 12.0 Å². The summed E-state index contributed by atoms with van der Waals surface area (Å²) < 4.78 is 4.78. The molecule has 110 valence electrons. The molecule has 0 saturated carbocycles. The molecular weight excluding hydrogens is 280 g/mol. The maximum Gasteiger partial charge on any atom is 0.330 e. The van der Waals surface area contributed by atoms with E-state index in [0.29, 0.717) is 18.8 Å². The number of hydrogen-bond acceptors (Lipinski definition) is 3. The Morgan fingerprint density at radius 1 is 1.20 bits per heavy atom. The third kappa shape index (κ3) is 6.80. The molecule has 0 aliphatic carbocycles. The molecule has 0 aliphatic heterocycles. The van der Waals surface area contributed by atoms with Crippen molar-refractivity contribution in [3.8, 4) is 0 Å². The molecule has 1 aromatic rings. The molecule has 2 amide bonds. The number of hydrogen-bond donors (Lipinski definition) is 2. The van der Waals surface area contributed by atoms with Gasteiger partial charge in [-0.2, -0.15) is 0 Å². The molecule has 1 rings (SSSR count). The Morgan fingerprint density at radius 2 is 1.85 bits per heavy atom. The first-order valence-corrected chi connectivity index (χ1v) is 6.15. The zero-order valence-corrected chi connectivity index (χ0v) is 12.3. The van der Waals surface area contributed by atoms with Crippen LogP contribution >= 0.6 is 12.4 Å². The van der Waals surface area contributed by atoms with Crippen LogP contribution in [-0.2, 0) is 9.53 Å². The Balaban J connectivity index is 0.00000361. The SMILES string of the molecule is CCNC(=O)Nc1ccc(C=CC(=O)OCC)cc1.Cl. The highest BCUT2D eigenvalue weighted by Gasteiger charge is 1.99. The lowest BCUT2D eigenvalue weighted by Gasteiger charge is -2.05. The quantitative estimate of drug-likeness (QED) is 0.649. The van der Waals surface area contributed by atoms with Crippen molar-refractivity contribution in [2.24, 2.45) is 0 Å². The molecule has 0 unspecified atom stereocenters. The van der Waals surface area contributed by atoms with Gasteiger partial charge in [0.2, 0.25) is 0 Å². The standard InChI is InChI=1S/C14H18N2O3.ClH/c1-3-15-14(18)16-12-8-5-11(6-9-12)7-10-13(17)19-4-2;/h5-10H,3-4H2,1-2H3,(H2,15,16,18);1H. The number of carbonyl (C=O) groups is 2. The van der Waals surface area contributed by atoms with Gasteiger partial charge in [0, 0.05) is 18.3 Å². The summed E-state index contributed by atoms with van der Waals surface area (Å²) in [6.45, 7) is 4.54. The molecule has 0 heterocycles. The van der Waals surface area contributed by atoms with Crippen LogP contribution in [0, 0.1) is 0 Å². The minimum Gasteiger partial charge on any atom is -0.463 e. The number of esters is 1. The molecule has 5 nitrogen and oxygen atoms in total. The van der Waals surface area contributed by atoms with Crippen molar-refractivity contribution in [2.75, 3.05) is 18.5 Å². The van der Waals surface area contributed by atoms with Crippen molar-refractivity contribution in [3.05, 3.63) is 35.9 Å². The Bertz CT molecular complexity index is 458. The van der Waals surface area contributed by atoms with Crippen LogP contribution in [0.2, 0.25) is 0 Å². The Labute approximate surface area is 124 Å². The second-order valence-corrected chi connectivity index (χ2v) is 3.69. The largest absolute Gasteiger partial charge is 0.463 e. The van der Waals surface area contributed by atoms with Crippen LogP contribution in [0.15, 0.2) is 30.3 Å². The second-order valence-electron chi connectivity index (χ2n) is 3.69. The van der Waals surface area contributed by atoms with E-state index in [9.17, 15) is 9.59 Å². The first kappa shape index (κ1) is 18.0. The number of rotatable bonds is 5. The zero-order chi connectivity index (χ0) is 14.1. The first-order valence-electron chi connectivity index (χ1n) is 6.15. The smallest absolute Gasteiger partial charge is 0.330 e. The molecule has 6 heteroatoms. The Kier molecular flexibility index (Phi) is 8.87. The zero-order valence-electron chi connectivity index (χ0n) is 11.5. The number of anilines is 1. The highest BCUT2D eigenvalue weighted by Crippen LogP contribution is 2.10. The van der Waals surface area contributed by atoms with Crippen molar-refractivity contribution in [3.63, 3.8) is 0 Å². The fraction of sp³-hybridized carbons (Fsp3) is 0.286. The third-order valence-corrected chi connectivity index (χ3v) is 2.20.